The molecule has 0 spiro atoms. The second-order valence-corrected chi connectivity index (χ2v) is 1.51. The van der Waals surface area contributed by atoms with Crippen molar-refractivity contribution in [3.05, 3.63) is 0 Å². The fraction of sp³-hybridized carbons (Fsp3) is 0.667. The average Bonchev–Trinajstić information content (AvgIpc) is 1.36. The van der Waals surface area contributed by atoms with Crippen LogP contribution >= 0.6 is 12.2 Å². The molecule has 0 aromatic carbocycles. The van der Waals surface area contributed by atoms with E-state index in [1.54, 1.807) is 14.1 Å². The third-order valence-corrected chi connectivity index (χ3v) is 0.730. The Morgan fingerprint density at radius 3 is 1.71 bits per heavy atom. The molecular formula is C3H6KNOS. The van der Waals surface area contributed by atoms with Gasteiger partial charge in [-0.25, -0.2) is 0 Å². The largest absolute Gasteiger partial charge is 1.00 e. The predicted molar refractivity (Wildman–Crippen MR) is 26.3 cm³/mol. The Bertz CT molecular complexity index is 66.0. The van der Waals surface area contributed by atoms with E-state index in [2.05, 4.69) is 12.2 Å². The summed E-state index contributed by atoms with van der Waals surface area (Å²) >= 11 is 4.19. The van der Waals surface area contributed by atoms with E-state index < -0.39 is 0 Å². The van der Waals surface area contributed by atoms with Gasteiger partial charge in [-0.05, 0) is 0 Å². The van der Waals surface area contributed by atoms with Gasteiger partial charge in [-0.2, -0.15) is 0 Å². The molecule has 0 aliphatic carbocycles. The Labute approximate surface area is 91.3 Å². The Hall–Kier alpha value is 1.33. The minimum absolute atomic E-state index is 0. The van der Waals surface area contributed by atoms with Crippen molar-refractivity contribution in [2.24, 2.45) is 0 Å². The minimum atomic E-state index is -0.324. The van der Waals surface area contributed by atoms with Crippen molar-refractivity contribution >= 4 is 17.4 Å². The molecule has 0 aromatic rings. The predicted octanol–water partition coefficient (Wildman–Crippen LogP) is -3.80. The standard InChI is InChI=1S/C3H7NOS.K/c1-4(2)3(5)6;/h1-2H3,(H,5,6);/q;+1/p-1. The van der Waals surface area contributed by atoms with Crippen molar-refractivity contribution in [1.29, 1.82) is 0 Å². The average molecular weight is 143 g/mol. The van der Waals surface area contributed by atoms with E-state index in [1.165, 1.54) is 4.90 Å². The van der Waals surface area contributed by atoms with Crippen molar-refractivity contribution in [1.82, 2.24) is 4.90 Å². The van der Waals surface area contributed by atoms with E-state index in [-0.39, 0.29) is 56.6 Å². The number of rotatable bonds is 0. The van der Waals surface area contributed by atoms with E-state index in [0.717, 1.165) is 0 Å². The van der Waals surface area contributed by atoms with Crippen LogP contribution < -0.4 is 56.5 Å². The molecular weight excluding hydrogens is 137 g/mol. The number of nitrogens with zero attached hydrogens (tertiary/aromatic N) is 1. The molecule has 0 bridgehead atoms. The second kappa shape index (κ2) is 5.46. The molecule has 4 heteroatoms. The van der Waals surface area contributed by atoms with Crippen molar-refractivity contribution in [2.75, 3.05) is 14.1 Å². The van der Waals surface area contributed by atoms with Gasteiger partial charge in [-0.1, -0.05) is 12.2 Å². The first-order chi connectivity index (χ1) is 2.64. The molecule has 0 rings (SSSR count). The molecule has 36 valence electrons. The van der Waals surface area contributed by atoms with Gasteiger partial charge in [0.2, 0.25) is 0 Å². The zero-order valence-electron chi connectivity index (χ0n) is 4.76. The molecule has 0 aliphatic heterocycles. The van der Waals surface area contributed by atoms with Crippen LogP contribution in [0, 0.1) is 0 Å². The van der Waals surface area contributed by atoms with Gasteiger partial charge < -0.3 is 10.0 Å². The maximum atomic E-state index is 9.88. The van der Waals surface area contributed by atoms with Gasteiger partial charge in [0.1, 0.15) is 0 Å². The van der Waals surface area contributed by atoms with Gasteiger partial charge in [0.15, 0.2) is 0 Å². The smallest absolute Gasteiger partial charge is 0.852 e. The number of thiocarbonyl (C=S) groups is 1. The van der Waals surface area contributed by atoms with Crippen LogP contribution in [0.1, 0.15) is 0 Å². The van der Waals surface area contributed by atoms with Crippen molar-refractivity contribution < 1.29 is 56.5 Å². The Morgan fingerprint density at radius 1 is 1.57 bits per heavy atom. The Kier molecular flexibility index (Phi) is 8.71. The summed E-state index contributed by atoms with van der Waals surface area (Å²) in [4.78, 5) is 1.34. The molecule has 2 nitrogen and oxygen atoms in total. The number of hydrogen-bond acceptors (Lipinski definition) is 2. The molecule has 0 heterocycles. The van der Waals surface area contributed by atoms with Crippen LogP contribution in [0.15, 0.2) is 0 Å². The van der Waals surface area contributed by atoms with Crippen LogP contribution in [0.4, 0.5) is 0 Å². The van der Waals surface area contributed by atoms with E-state index in [4.69, 9.17) is 0 Å². The summed E-state index contributed by atoms with van der Waals surface area (Å²) in [6.07, 6.45) is 0. The van der Waals surface area contributed by atoms with Crippen LogP contribution in [0.2, 0.25) is 0 Å². The fourth-order valence-electron chi connectivity index (χ4n) is 0. The molecule has 0 N–H and O–H groups in total. The SMILES string of the molecule is CN(C)C([O-])=S.[K+]. The molecule has 0 radical (unpaired) electrons. The molecule has 0 unspecified atom stereocenters. The molecule has 0 aliphatic rings. The van der Waals surface area contributed by atoms with Crippen molar-refractivity contribution in [3.8, 4) is 0 Å². The summed E-state index contributed by atoms with van der Waals surface area (Å²) in [6, 6.07) is 0. The van der Waals surface area contributed by atoms with Crippen LogP contribution in [-0.2, 0) is 0 Å². The summed E-state index contributed by atoms with van der Waals surface area (Å²) < 4.78 is 0. The van der Waals surface area contributed by atoms with Gasteiger partial charge in [0.25, 0.3) is 0 Å². The summed E-state index contributed by atoms with van der Waals surface area (Å²) in [5.74, 6) is 0. The maximum Gasteiger partial charge on any atom is 1.00 e. The van der Waals surface area contributed by atoms with Gasteiger partial charge in [0.05, 0.1) is 0 Å². The quantitative estimate of drug-likeness (QED) is 0.257. The molecule has 7 heavy (non-hydrogen) atoms. The van der Waals surface area contributed by atoms with E-state index >= 15 is 0 Å². The van der Waals surface area contributed by atoms with Gasteiger partial charge >= 0.3 is 51.4 Å². The molecule has 0 saturated heterocycles. The van der Waals surface area contributed by atoms with E-state index in [1.807, 2.05) is 0 Å². The van der Waals surface area contributed by atoms with Gasteiger partial charge in [-0.15, -0.1) is 0 Å². The topological polar surface area (TPSA) is 26.3 Å². The zero-order valence-corrected chi connectivity index (χ0v) is 8.70. The monoisotopic (exact) mass is 143 g/mol. The first-order valence-corrected chi connectivity index (χ1v) is 1.93. The molecule has 0 aromatic heterocycles. The second-order valence-electron chi connectivity index (χ2n) is 1.16. The van der Waals surface area contributed by atoms with Crippen molar-refractivity contribution in [3.63, 3.8) is 0 Å². The summed E-state index contributed by atoms with van der Waals surface area (Å²) in [7, 11) is 3.24. The third kappa shape index (κ3) is 7.33. The maximum absolute atomic E-state index is 9.88. The van der Waals surface area contributed by atoms with Crippen LogP contribution in [-0.4, -0.2) is 24.2 Å². The molecule has 0 saturated carbocycles. The summed E-state index contributed by atoms with van der Waals surface area (Å²) in [6.45, 7) is 0. The van der Waals surface area contributed by atoms with Crippen LogP contribution in [0.25, 0.3) is 0 Å². The fourth-order valence-corrected chi connectivity index (χ4v) is 0. The summed E-state index contributed by atoms with van der Waals surface area (Å²) in [5.41, 5.74) is 0. The van der Waals surface area contributed by atoms with Crippen LogP contribution in [0.3, 0.4) is 0 Å². The molecule has 0 atom stereocenters. The van der Waals surface area contributed by atoms with Gasteiger partial charge in [0, 0.05) is 19.3 Å². The van der Waals surface area contributed by atoms with Crippen LogP contribution in [0.5, 0.6) is 0 Å². The normalized spacial score (nSPS) is 6.57. The van der Waals surface area contributed by atoms with E-state index in [9.17, 15) is 5.11 Å². The zero-order chi connectivity index (χ0) is 5.15. The summed E-state index contributed by atoms with van der Waals surface area (Å²) in [5, 5.41) is 9.56. The van der Waals surface area contributed by atoms with E-state index in [0.29, 0.717) is 0 Å². The molecule has 0 fully saturated rings. The van der Waals surface area contributed by atoms with Gasteiger partial charge in [-0.3, -0.25) is 0 Å². The first kappa shape index (κ1) is 11.2. The van der Waals surface area contributed by atoms with Crippen molar-refractivity contribution in [2.45, 2.75) is 0 Å². The Balaban J connectivity index is 0. The first-order valence-electron chi connectivity index (χ1n) is 1.53. The Morgan fingerprint density at radius 2 is 1.71 bits per heavy atom. The minimum Gasteiger partial charge on any atom is -0.852 e. The third-order valence-electron chi connectivity index (χ3n) is 0.365. The molecule has 0 amide bonds. The number of hydrogen-bond donors (Lipinski definition) is 0.